The molecule has 2 amide bonds. The van der Waals surface area contributed by atoms with Crippen LogP contribution in [0.5, 0.6) is 0 Å². The number of aryl methyl sites for hydroxylation is 1. The number of pyridine rings is 1. The Balaban J connectivity index is 2.78. The summed E-state index contributed by atoms with van der Waals surface area (Å²) in [5.41, 5.74) is 7.11. The first-order valence-corrected chi connectivity index (χ1v) is 4.21. The van der Waals surface area contributed by atoms with Crippen LogP contribution in [0.4, 0.5) is 16.3 Å². The Hall–Kier alpha value is -1.78. The SMILES string of the molecule is Cc1cc(NC(=O)N(C)C)ncc1N. The van der Waals surface area contributed by atoms with E-state index in [0.29, 0.717) is 11.5 Å². The van der Waals surface area contributed by atoms with E-state index in [-0.39, 0.29) is 6.03 Å². The summed E-state index contributed by atoms with van der Waals surface area (Å²) in [5, 5.41) is 2.63. The van der Waals surface area contributed by atoms with E-state index in [9.17, 15) is 4.79 Å². The van der Waals surface area contributed by atoms with Crippen LogP contribution in [0.3, 0.4) is 0 Å². The molecular formula is C9H14N4O. The largest absolute Gasteiger partial charge is 0.397 e. The van der Waals surface area contributed by atoms with Crippen LogP contribution in [0.1, 0.15) is 5.56 Å². The fourth-order valence-corrected chi connectivity index (χ4v) is 0.856. The van der Waals surface area contributed by atoms with Crippen molar-refractivity contribution in [2.45, 2.75) is 6.92 Å². The quantitative estimate of drug-likeness (QED) is 0.702. The van der Waals surface area contributed by atoms with E-state index in [1.165, 1.54) is 11.1 Å². The average Bonchev–Trinajstić information content (AvgIpc) is 2.11. The van der Waals surface area contributed by atoms with E-state index in [0.717, 1.165) is 5.56 Å². The van der Waals surface area contributed by atoms with Crippen molar-refractivity contribution >= 4 is 17.5 Å². The van der Waals surface area contributed by atoms with Gasteiger partial charge >= 0.3 is 6.03 Å². The monoisotopic (exact) mass is 194 g/mol. The minimum Gasteiger partial charge on any atom is -0.397 e. The number of nitrogens with zero attached hydrogens (tertiary/aromatic N) is 2. The standard InChI is InChI=1S/C9H14N4O/c1-6-4-8(11-5-7(6)10)12-9(14)13(2)3/h4-5H,10H2,1-3H3,(H,11,12,14). The Morgan fingerprint density at radius 3 is 2.71 bits per heavy atom. The van der Waals surface area contributed by atoms with Crippen LogP contribution in [0, 0.1) is 6.92 Å². The van der Waals surface area contributed by atoms with Crippen molar-refractivity contribution in [3.8, 4) is 0 Å². The number of rotatable bonds is 1. The lowest BCUT2D eigenvalue weighted by Gasteiger charge is -2.11. The fraction of sp³-hybridized carbons (Fsp3) is 0.333. The normalized spacial score (nSPS) is 9.64. The van der Waals surface area contributed by atoms with Gasteiger partial charge in [-0.1, -0.05) is 0 Å². The number of carbonyl (C=O) groups excluding carboxylic acids is 1. The third-order valence-electron chi connectivity index (χ3n) is 1.79. The zero-order valence-corrected chi connectivity index (χ0v) is 8.53. The van der Waals surface area contributed by atoms with Crippen molar-refractivity contribution in [3.63, 3.8) is 0 Å². The van der Waals surface area contributed by atoms with Gasteiger partial charge in [-0.3, -0.25) is 5.32 Å². The first-order valence-electron chi connectivity index (χ1n) is 4.21. The maximum atomic E-state index is 11.3. The molecule has 0 fully saturated rings. The number of anilines is 2. The summed E-state index contributed by atoms with van der Waals surface area (Å²) in [7, 11) is 3.33. The number of hydrogen-bond donors (Lipinski definition) is 2. The minimum atomic E-state index is -0.207. The van der Waals surface area contributed by atoms with Crippen LogP contribution < -0.4 is 11.1 Å². The number of amides is 2. The van der Waals surface area contributed by atoms with Gasteiger partial charge in [-0.05, 0) is 18.6 Å². The van der Waals surface area contributed by atoms with Crippen molar-refractivity contribution in [1.82, 2.24) is 9.88 Å². The summed E-state index contributed by atoms with van der Waals surface area (Å²) in [6.45, 7) is 1.86. The van der Waals surface area contributed by atoms with Crippen LogP contribution in [0.25, 0.3) is 0 Å². The predicted octanol–water partition coefficient (Wildman–Crippen LogP) is 1.07. The van der Waals surface area contributed by atoms with Gasteiger partial charge in [0.1, 0.15) is 5.82 Å². The topological polar surface area (TPSA) is 71.2 Å². The maximum absolute atomic E-state index is 11.3. The lowest BCUT2D eigenvalue weighted by molar-refractivity contribution is 0.230. The molecule has 0 aliphatic carbocycles. The lowest BCUT2D eigenvalue weighted by Crippen LogP contribution is -2.27. The minimum absolute atomic E-state index is 0.207. The van der Waals surface area contributed by atoms with Crippen molar-refractivity contribution < 1.29 is 4.79 Å². The van der Waals surface area contributed by atoms with Gasteiger partial charge in [-0.15, -0.1) is 0 Å². The highest BCUT2D eigenvalue weighted by Crippen LogP contribution is 2.12. The number of urea groups is 1. The van der Waals surface area contributed by atoms with E-state index in [2.05, 4.69) is 10.3 Å². The molecule has 5 heteroatoms. The molecule has 3 N–H and O–H groups in total. The molecule has 0 unspecified atom stereocenters. The molecule has 1 aromatic rings. The number of aromatic nitrogens is 1. The van der Waals surface area contributed by atoms with Gasteiger partial charge < -0.3 is 10.6 Å². The second-order valence-electron chi connectivity index (χ2n) is 3.25. The molecule has 0 aliphatic heterocycles. The van der Waals surface area contributed by atoms with Gasteiger partial charge in [0.15, 0.2) is 0 Å². The zero-order chi connectivity index (χ0) is 10.7. The molecule has 0 bridgehead atoms. The van der Waals surface area contributed by atoms with Crippen LogP contribution in [0.15, 0.2) is 12.3 Å². The van der Waals surface area contributed by atoms with Crippen molar-refractivity contribution in [2.75, 3.05) is 25.1 Å². The summed E-state index contributed by atoms with van der Waals surface area (Å²) < 4.78 is 0. The molecular weight excluding hydrogens is 180 g/mol. The third kappa shape index (κ3) is 2.35. The molecule has 14 heavy (non-hydrogen) atoms. The first kappa shape index (κ1) is 10.3. The molecule has 0 radical (unpaired) electrons. The van der Waals surface area contributed by atoms with E-state index >= 15 is 0 Å². The molecule has 1 rings (SSSR count). The molecule has 0 spiro atoms. The fourth-order valence-electron chi connectivity index (χ4n) is 0.856. The van der Waals surface area contributed by atoms with Crippen LogP contribution >= 0.6 is 0 Å². The average molecular weight is 194 g/mol. The van der Waals surface area contributed by atoms with E-state index in [1.54, 1.807) is 20.2 Å². The number of carbonyl (C=O) groups is 1. The number of nitrogens with one attached hydrogen (secondary N) is 1. The molecule has 0 aliphatic rings. The first-order chi connectivity index (χ1) is 6.50. The molecule has 1 heterocycles. The summed E-state index contributed by atoms with van der Waals surface area (Å²) in [4.78, 5) is 16.7. The smallest absolute Gasteiger partial charge is 0.322 e. The van der Waals surface area contributed by atoms with Crippen molar-refractivity contribution in [3.05, 3.63) is 17.8 Å². The van der Waals surface area contributed by atoms with E-state index in [4.69, 9.17) is 5.73 Å². The molecule has 1 aromatic heterocycles. The highest BCUT2D eigenvalue weighted by molar-refractivity contribution is 5.88. The summed E-state index contributed by atoms with van der Waals surface area (Å²) >= 11 is 0. The lowest BCUT2D eigenvalue weighted by atomic mass is 10.2. The van der Waals surface area contributed by atoms with Gasteiger partial charge in [0.2, 0.25) is 0 Å². The van der Waals surface area contributed by atoms with Gasteiger partial charge in [-0.25, -0.2) is 9.78 Å². The van der Waals surface area contributed by atoms with Gasteiger partial charge in [0, 0.05) is 14.1 Å². The molecule has 0 saturated carbocycles. The molecule has 76 valence electrons. The summed E-state index contributed by atoms with van der Waals surface area (Å²) in [6, 6.07) is 1.53. The van der Waals surface area contributed by atoms with Gasteiger partial charge in [-0.2, -0.15) is 0 Å². The maximum Gasteiger partial charge on any atom is 0.322 e. The Morgan fingerprint density at radius 1 is 1.57 bits per heavy atom. The highest BCUT2D eigenvalue weighted by Gasteiger charge is 2.05. The van der Waals surface area contributed by atoms with Crippen molar-refractivity contribution in [2.24, 2.45) is 0 Å². The van der Waals surface area contributed by atoms with E-state index in [1.807, 2.05) is 6.92 Å². The summed E-state index contributed by atoms with van der Waals surface area (Å²) in [5.74, 6) is 0.510. The Morgan fingerprint density at radius 2 is 2.21 bits per heavy atom. The number of nitrogens with two attached hydrogens (primary N) is 1. The van der Waals surface area contributed by atoms with Crippen LogP contribution in [-0.4, -0.2) is 30.0 Å². The highest BCUT2D eigenvalue weighted by atomic mass is 16.2. The molecule has 0 aromatic carbocycles. The molecule has 5 nitrogen and oxygen atoms in total. The zero-order valence-electron chi connectivity index (χ0n) is 8.53. The van der Waals surface area contributed by atoms with Gasteiger partial charge in [0.05, 0.1) is 11.9 Å². The second-order valence-corrected chi connectivity index (χ2v) is 3.25. The van der Waals surface area contributed by atoms with Crippen LogP contribution in [0.2, 0.25) is 0 Å². The number of hydrogen-bond acceptors (Lipinski definition) is 3. The molecule has 0 atom stereocenters. The third-order valence-corrected chi connectivity index (χ3v) is 1.79. The van der Waals surface area contributed by atoms with Gasteiger partial charge in [0.25, 0.3) is 0 Å². The van der Waals surface area contributed by atoms with Crippen molar-refractivity contribution in [1.29, 1.82) is 0 Å². The van der Waals surface area contributed by atoms with E-state index < -0.39 is 0 Å². The summed E-state index contributed by atoms with van der Waals surface area (Å²) in [6.07, 6.45) is 1.53. The Bertz CT molecular complexity index is 349. The van der Waals surface area contributed by atoms with Crippen LogP contribution in [-0.2, 0) is 0 Å². The number of nitrogen functional groups attached to an aromatic ring is 1. The Kier molecular flexibility index (Phi) is 2.91. The predicted molar refractivity (Wildman–Crippen MR) is 56.1 cm³/mol. The second kappa shape index (κ2) is 3.95. The Labute approximate surface area is 82.9 Å². The molecule has 0 saturated heterocycles.